The lowest BCUT2D eigenvalue weighted by atomic mass is 10.3. The molecule has 0 heterocycles. The van der Waals surface area contributed by atoms with Gasteiger partial charge in [0.25, 0.3) is 0 Å². The molecule has 0 radical (unpaired) electrons. The van der Waals surface area contributed by atoms with Crippen LogP contribution in [0.25, 0.3) is 0 Å². The minimum atomic E-state index is 0.389. The van der Waals surface area contributed by atoms with E-state index in [1.54, 1.807) is 25.2 Å². The maximum absolute atomic E-state index is 5.92. The van der Waals surface area contributed by atoms with Crippen LogP contribution in [0.15, 0.2) is 23.2 Å². The summed E-state index contributed by atoms with van der Waals surface area (Å²) in [6, 6.07) is 5.20. The van der Waals surface area contributed by atoms with E-state index in [2.05, 4.69) is 15.7 Å². The fraction of sp³-hybridized carbons (Fsp3) is 0.125. The van der Waals surface area contributed by atoms with Gasteiger partial charge in [-0.15, -0.1) is 0 Å². The fourth-order valence-corrected chi connectivity index (χ4v) is 1.38. The third-order valence-corrected chi connectivity index (χ3v) is 2.20. The van der Waals surface area contributed by atoms with Crippen LogP contribution in [-0.4, -0.2) is 13.0 Å². The van der Waals surface area contributed by atoms with Crippen LogP contribution in [0.2, 0.25) is 10.0 Å². The van der Waals surface area contributed by atoms with E-state index in [0.29, 0.717) is 21.7 Å². The second-order valence-corrected chi connectivity index (χ2v) is 3.25. The van der Waals surface area contributed by atoms with Crippen molar-refractivity contribution in [2.45, 2.75) is 0 Å². The first-order chi connectivity index (χ1) is 6.69. The van der Waals surface area contributed by atoms with Gasteiger partial charge >= 0.3 is 0 Å². The number of aliphatic imine (C=N–C) groups is 1. The zero-order chi connectivity index (χ0) is 10.6. The maximum Gasteiger partial charge on any atom is 0.210 e. The third-order valence-electron chi connectivity index (χ3n) is 1.57. The molecular formula is C8H10Cl2N4. The predicted molar refractivity (Wildman–Crippen MR) is 60.8 cm³/mol. The Morgan fingerprint density at radius 2 is 1.93 bits per heavy atom. The monoisotopic (exact) mass is 232 g/mol. The van der Waals surface area contributed by atoms with Gasteiger partial charge in [-0.2, -0.15) is 0 Å². The van der Waals surface area contributed by atoms with Crippen LogP contribution < -0.4 is 16.6 Å². The average Bonchev–Trinajstić information content (AvgIpc) is 2.18. The molecule has 14 heavy (non-hydrogen) atoms. The Balaban J connectivity index is 2.96. The Hall–Kier alpha value is -0.970. The molecule has 0 amide bonds. The average molecular weight is 233 g/mol. The number of hydrogen-bond acceptors (Lipinski definition) is 2. The summed E-state index contributed by atoms with van der Waals surface area (Å²) in [6.07, 6.45) is 0. The molecule has 0 spiro atoms. The van der Waals surface area contributed by atoms with Gasteiger partial charge in [0.1, 0.15) is 0 Å². The van der Waals surface area contributed by atoms with E-state index in [4.69, 9.17) is 29.0 Å². The lowest BCUT2D eigenvalue weighted by molar-refractivity contribution is 1.01. The minimum absolute atomic E-state index is 0.389. The standard InChI is InChI=1S/C8H10Cl2N4/c1-12-8(14-11)13-7-5(9)3-2-4-6(7)10/h2-4H,11H2,1H3,(H2,12,13,14). The quantitative estimate of drug-likeness (QED) is 0.300. The second-order valence-electron chi connectivity index (χ2n) is 2.44. The number of nitrogens with one attached hydrogen (secondary N) is 2. The number of halogens is 2. The molecule has 0 saturated carbocycles. The van der Waals surface area contributed by atoms with Crippen LogP contribution in [0.5, 0.6) is 0 Å². The molecule has 76 valence electrons. The van der Waals surface area contributed by atoms with Crippen LogP contribution in [-0.2, 0) is 0 Å². The highest BCUT2D eigenvalue weighted by atomic mass is 35.5. The van der Waals surface area contributed by atoms with E-state index in [-0.39, 0.29) is 0 Å². The van der Waals surface area contributed by atoms with E-state index >= 15 is 0 Å². The smallest absolute Gasteiger partial charge is 0.210 e. The first kappa shape index (κ1) is 11.1. The van der Waals surface area contributed by atoms with Crippen LogP contribution in [0.4, 0.5) is 5.69 Å². The number of hydrogen-bond donors (Lipinski definition) is 3. The Kier molecular flexibility index (Phi) is 4.00. The molecule has 0 fully saturated rings. The van der Waals surface area contributed by atoms with Crippen LogP contribution in [0.3, 0.4) is 0 Å². The van der Waals surface area contributed by atoms with Crippen molar-refractivity contribution < 1.29 is 0 Å². The summed E-state index contributed by atoms with van der Waals surface area (Å²) in [6.45, 7) is 0. The summed E-state index contributed by atoms with van der Waals surface area (Å²) in [5.74, 6) is 5.59. The highest BCUT2D eigenvalue weighted by molar-refractivity contribution is 6.39. The molecule has 0 aliphatic carbocycles. The van der Waals surface area contributed by atoms with Crippen molar-refractivity contribution in [1.29, 1.82) is 0 Å². The van der Waals surface area contributed by atoms with E-state index in [0.717, 1.165) is 0 Å². The summed E-state index contributed by atoms with van der Waals surface area (Å²) < 4.78 is 0. The highest BCUT2D eigenvalue weighted by Crippen LogP contribution is 2.29. The van der Waals surface area contributed by atoms with E-state index in [9.17, 15) is 0 Å². The van der Waals surface area contributed by atoms with E-state index in [1.165, 1.54) is 0 Å². The maximum atomic E-state index is 5.92. The lowest BCUT2D eigenvalue weighted by Gasteiger charge is -2.10. The van der Waals surface area contributed by atoms with Crippen molar-refractivity contribution >= 4 is 34.8 Å². The van der Waals surface area contributed by atoms with Crippen molar-refractivity contribution in [1.82, 2.24) is 5.43 Å². The third kappa shape index (κ3) is 2.51. The fourth-order valence-electron chi connectivity index (χ4n) is 0.892. The van der Waals surface area contributed by atoms with Gasteiger partial charge in [-0.25, -0.2) is 5.84 Å². The first-order valence-corrected chi connectivity index (χ1v) is 4.59. The van der Waals surface area contributed by atoms with E-state index < -0.39 is 0 Å². The number of benzene rings is 1. The van der Waals surface area contributed by atoms with Gasteiger partial charge in [0.05, 0.1) is 15.7 Å². The lowest BCUT2D eigenvalue weighted by Crippen LogP contribution is -2.36. The van der Waals surface area contributed by atoms with Gasteiger partial charge in [0.2, 0.25) is 5.96 Å². The summed E-state index contributed by atoms with van der Waals surface area (Å²) in [4.78, 5) is 3.84. The highest BCUT2D eigenvalue weighted by Gasteiger charge is 2.06. The molecule has 4 nitrogen and oxygen atoms in total. The Morgan fingerprint density at radius 3 is 2.36 bits per heavy atom. The SMILES string of the molecule is CN=C(NN)Nc1c(Cl)cccc1Cl. The van der Waals surface area contributed by atoms with Crippen molar-refractivity contribution in [3.63, 3.8) is 0 Å². The van der Waals surface area contributed by atoms with Crippen molar-refractivity contribution in [3.05, 3.63) is 28.2 Å². The molecule has 1 aromatic carbocycles. The molecule has 0 saturated heterocycles. The first-order valence-electron chi connectivity index (χ1n) is 3.83. The van der Waals surface area contributed by atoms with Gasteiger partial charge in [0, 0.05) is 7.05 Å². The van der Waals surface area contributed by atoms with Gasteiger partial charge in [0.15, 0.2) is 0 Å². The zero-order valence-electron chi connectivity index (χ0n) is 7.51. The summed E-state index contributed by atoms with van der Waals surface area (Å²) in [5.41, 5.74) is 2.95. The van der Waals surface area contributed by atoms with Crippen molar-refractivity contribution in [2.24, 2.45) is 10.8 Å². The van der Waals surface area contributed by atoms with Gasteiger partial charge in [-0.1, -0.05) is 29.3 Å². The minimum Gasteiger partial charge on any atom is -0.323 e. The summed E-state index contributed by atoms with van der Waals surface area (Å²) in [5, 5.41) is 3.88. The normalized spacial score (nSPS) is 11.3. The molecule has 6 heteroatoms. The molecule has 0 bridgehead atoms. The van der Waals surface area contributed by atoms with E-state index in [1.807, 2.05) is 0 Å². The number of anilines is 1. The molecule has 0 atom stereocenters. The predicted octanol–water partition coefficient (Wildman–Crippen LogP) is 1.85. The van der Waals surface area contributed by atoms with Crippen LogP contribution in [0.1, 0.15) is 0 Å². The molecule has 0 aliphatic rings. The number of rotatable bonds is 1. The zero-order valence-corrected chi connectivity index (χ0v) is 9.02. The number of para-hydroxylation sites is 1. The van der Waals surface area contributed by atoms with Gasteiger partial charge in [-0.3, -0.25) is 10.4 Å². The van der Waals surface area contributed by atoms with Gasteiger partial charge < -0.3 is 5.32 Å². The number of hydrazine groups is 1. The number of nitrogens with two attached hydrogens (primary N) is 1. The van der Waals surface area contributed by atoms with Gasteiger partial charge in [-0.05, 0) is 12.1 Å². The largest absolute Gasteiger partial charge is 0.323 e. The molecule has 4 N–H and O–H groups in total. The molecule has 0 unspecified atom stereocenters. The Bertz CT molecular complexity index is 331. The Morgan fingerprint density at radius 1 is 1.36 bits per heavy atom. The van der Waals surface area contributed by atoms with Crippen molar-refractivity contribution in [2.75, 3.05) is 12.4 Å². The topological polar surface area (TPSA) is 62.4 Å². The summed E-state index contributed by atoms with van der Waals surface area (Å²) in [7, 11) is 1.59. The molecule has 0 aliphatic heterocycles. The summed E-state index contributed by atoms with van der Waals surface area (Å²) >= 11 is 11.8. The Labute approximate surface area is 92.1 Å². The molecule has 0 aromatic heterocycles. The molecular weight excluding hydrogens is 223 g/mol. The molecule has 1 rings (SSSR count). The van der Waals surface area contributed by atoms with Crippen molar-refractivity contribution in [3.8, 4) is 0 Å². The van der Waals surface area contributed by atoms with Crippen LogP contribution >= 0.6 is 23.2 Å². The molecule has 1 aromatic rings. The van der Waals surface area contributed by atoms with Crippen LogP contribution in [0, 0.1) is 0 Å². The number of nitrogens with zero attached hydrogens (tertiary/aromatic N) is 1. The second kappa shape index (κ2) is 5.05. The number of guanidine groups is 1.